The van der Waals surface area contributed by atoms with E-state index < -0.39 is 0 Å². The molecule has 2 heterocycles. The van der Waals surface area contributed by atoms with Gasteiger partial charge in [-0.25, -0.2) is 4.98 Å². The van der Waals surface area contributed by atoms with Gasteiger partial charge in [0.15, 0.2) is 0 Å². The van der Waals surface area contributed by atoms with E-state index in [1.165, 1.54) is 12.8 Å². The molecule has 1 aromatic rings. The topological polar surface area (TPSA) is 36.4 Å². The molecule has 0 radical (unpaired) electrons. The first kappa shape index (κ1) is 11.4. The average Bonchev–Trinajstić information content (AvgIpc) is 2.29. The molecule has 0 saturated carbocycles. The summed E-state index contributed by atoms with van der Waals surface area (Å²) in [6.07, 6.45) is 4.23. The van der Waals surface area contributed by atoms with E-state index in [-0.39, 0.29) is 6.61 Å². The van der Waals surface area contributed by atoms with E-state index in [2.05, 4.69) is 23.7 Å². The first-order valence-electron chi connectivity index (χ1n) is 6.03. The molecule has 0 aromatic carbocycles. The van der Waals surface area contributed by atoms with Crippen molar-refractivity contribution < 1.29 is 5.11 Å². The average molecular weight is 220 g/mol. The van der Waals surface area contributed by atoms with Crippen LogP contribution in [-0.4, -0.2) is 22.7 Å². The Bertz CT molecular complexity index is 354. The minimum atomic E-state index is 0.0714. The van der Waals surface area contributed by atoms with E-state index in [9.17, 15) is 5.11 Å². The van der Waals surface area contributed by atoms with Crippen molar-refractivity contribution >= 4 is 5.82 Å². The van der Waals surface area contributed by atoms with E-state index in [0.717, 1.165) is 23.8 Å². The molecular weight excluding hydrogens is 200 g/mol. The number of nitrogens with zero attached hydrogens (tertiary/aromatic N) is 2. The minimum Gasteiger partial charge on any atom is -0.392 e. The van der Waals surface area contributed by atoms with Gasteiger partial charge in [0.25, 0.3) is 0 Å². The lowest BCUT2D eigenvalue weighted by Crippen LogP contribution is -2.41. The minimum absolute atomic E-state index is 0.0714. The van der Waals surface area contributed by atoms with Crippen LogP contribution in [0.5, 0.6) is 0 Å². The molecule has 1 aliphatic rings. The molecule has 2 unspecified atom stereocenters. The van der Waals surface area contributed by atoms with Crippen LogP contribution in [0.1, 0.15) is 32.3 Å². The first-order valence-corrected chi connectivity index (χ1v) is 6.03. The summed E-state index contributed by atoms with van der Waals surface area (Å²) in [5, 5.41) is 9.32. The number of aromatic nitrogens is 1. The molecule has 2 atom stereocenters. The van der Waals surface area contributed by atoms with Gasteiger partial charge < -0.3 is 10.0 Å². The van der Waals surface area contributed by atoms with Crippen molar-refractivity contribution in [1.29, 1.82) is 0 Å². The second-order valence-corrected chi connectivity index (χ2v) is 4.82. The molecular formula is C13H20N2O. The Morgan fingerprint density at radius 3 is 3.00 bits per heavy atom. The van der Waals surface area contributed by atoms with Crippen molar-refractivity contribution in [2.45, 2.75) is 39.3 Å². The van der Waals surface area contributed by atoms with Gasteiger partial charge in [0.05, 0.1) is 6.61 Å². The standard InChI is InChI=1S/C13H20N2O/c1-10-5-7-15(11(2)8-10)13-12(9-16)4-3-6-14-13/h3-4,6,10-11,16H,5,7-9H2,1-2H3. The van der Waals surface area contributed by atoms with Gasteiger partial charge in [-0.05, 0) is 31.7 Å². The number of rotatable bonds is 2. The summed E-state index contributed by atoms with van der Waals surface area (Å²) < 4.78 is 0. The number of aliphatic hydroxyl groups excluding tert-OH is 1. The second-order valence-electron chi connectivity index (χ2n) is 4.82. The van der Waals surface area contributed by atoms with Crippen LogP contribution in [0.25, 0.3) is 0 Å². The SMILES string of the molecule is CC1CCN(c2ncccc2CO)C(C)C1. The van der Waals surface area contributed by atoms with Gasteiger partial charge in [-0.3, -0.25) is 0 Å². The third kappa shape index (κ3) is 2.19. The Balaban J connectivity index is 2.23. The molecule has 0 bridgehead atoms. The molecule has 0 aliphatic carbocycles. The highest BCUT2D eigenvalue weighted by atomic mass is 16.3. The summed E-state index contributed by atoms with van der Waals surface area (Å²) in [4.78, 5) is 6.74. The number of piperidine rings is 1. The highest BCUT2D eigenvalue weighted by molar-refractivity contribution is 5.47. The highest BCUT2D eigenvalue weighted by Gasteiger charge is 2.25. The normalized spacial score (nSPS) is 25.8. The molecule has 3 nitrogen and oxygen atoms in total. The van der Waals surface area contributed by atoms with Gasteiger partial charge in [-0.1, -0.05) is 13.0 Å². The fraction of sp³-hybridized carbons (Fsp3) is 0.615. The van der Waals surface area contributed by atoms with Crippen LogP contribution in [0.3, 0.4) is 0 Å². The molecule has 3 heteroatoms. The Kier molecular flexibility index (Phi) is 3.44. The van der Waals surface area contributed by atoms with E-state index >= 15 is 0 Å². The first-order chi connectivity index (χ1) is 7.72. The number of anilines is 1. The van der Waals surface area contributed by atoms with Crippen LogP contribution in [0.4, 0.5) is 5.82 Å². The fourth-order valence-electron chi connectivity index (χ4n) is 2.53. The molecule has 16 heavy (non-hydrogen) atoms. The van der Waals surface area contributed by atoms with Crippen LogP contribution < -0.4 is 4.90 Å². The van der Waals surface area contributed by atoms with Crippen molar-refractivity contribution in [3.05, 3.63) is 23.9 Å². The third-order valence-corrected chi connectivity index (χ3v) is 3.45. The van der Waals surface area contributed by atoms with Crippen molar-refractivity contribution in [3.8, 4) is 0 Å². The Morgan fingerprint density at radius 2 is 2.31 bits per heavy atom. The zero-order valence-corrected chi connectivity index (χ0v) is 10.1. The van der Waals surface area contributed by atoms with Gasteiger partial charge in [0, 0.05) is 24.3 Å². The van der Waals surface area contributed by atoms with E-state index in [1.54, 1.807) is 6.20 Å². The maximum atomic E-state index is 9.32. The van der Waals surface area contributed by atoms with Gasteiger partial charge in [0.2, 0.25) is 0 Å². The summed E-state index contributed by atoms with van der Waals surface area (Å²) in [7, 11) is 0. The smallest absolute Gasteiger partial charge is 0.134 e. The van der Waals surface area contributed by atoms with Crippen molar-refractivity contribution in [2.24, 2.45) is 5.92 Å². The maximum Gasteiger partial charge on any atom is 0.134 e. The zero-order valence-electron chi connectivity index (χ0n) is 10.1. The molecule has 0 amide bonds. The molecule has 1 N–H and O–H groups in total. The number of hydrogen-bond donors (Lipinski definition) is 1. The molecule has 2 rings (SSSR count). The summed E-state index contributed by atoms with van der Waals surface area (Å²) >= 11 is 0. The number of pyridine rings is 1. The monoisotopic (exact) mass is 220 g/mol. The fourth-order valence-corrected chi connectivity index (χ4v) is 2.53. The highest BCUT2D eigenvalue weighted by Crippen LogP contribution is 2.28. The largest absolute Gasteiger partial charge is 0.392 e. The van der Waals surface area contributed by atoms with Gasteiger partial charge >= 0.3 is 0 Å². The zero-order chi connectivity index (χ0) is 11.5. The van der Waals surface area contributed by atoms with E-state index in [1.807, 2.05) is 12.1 Å². The van der Waals surface area contributed by atoms with Crippen LogP contribution in [0.2, 0.25) is 0 Å². The third-order valence-electron chi connectivity index (χ3n) is 3.45. The molecule has 1 aliphatic heterocycles. The van der Waals surface area contributed by atoms with Crippen LogP contribution in [0, 0.1) is 5.92 Å². The predicted molar refractivity (Wildman–Crippen MR) is 65.4 cm³/mol. The maximum absolute atomic E-state index is 9.32. The lowest BCUT2D eigenvalue weighted by atomic mass is 9.93. The van der Waals surface area contributed by atoms with Crippen LogP contribution >= 0.6 is 0 Å². The van der Waals surface area contributed by atoms with Crippen molar-refractivity contribution in [1.82, 2.24) is 4.98 Å². The lowest BCUT2D eigenvalue weighted by molar-refractivity contribution is 0.280. The van der Waals surface area contributed by atoms with Gasteiger partial charge in [0.1, 0.15) is 5.82 Å². The molecule has 0 spiro atoms. The molecule has 1 fully saturated rings. The van der Waals surface area contributed by atoms with Crippen LogP contribution in [0.15, 0.2) is 18.3 Å². The summed E-state index contributed by atoms with van der Waals surface area (Å²) in [6.45, 7) is 5.67. The summed E-state index contributed by atoms with van der Waals surface area (Å²) in [5.74, 6) is 1.76. The van der Waals surface area contributed by atoms with Crippen molar-refractivity contribution in [2.75, 3.05) is 11.4 Å². The Labute approximate surface area is 97.1 Å². The molecule has 1 aromatic heterocycles. The number of aliphatic hydroxyl groups is 1. The Hall–Kier alpha value is -1.09. The number of hydrogen-bond acceptors (Lipinski definition) is 3. The van der Waals surface area contributed by atoms with E-state index in [4.69, 9.17) is 0 Å². The quantitative estimate of drug-likeness (QED) is 0.830. The van der Waals surface area contributed by atoms with Crippen molar-refractivity contribution in [3.63, 3.8) is 0 Å². The van der Waals surface area contributed by atoms with E-state index in [0.29, 0.717) is 6.04 Å². The van der Waals surface area contributed by atoms with Crippen LogP contribution in [-0.2, 0) is 6.61 Å². The van der Waals surface area contributed by atoms with Gasteiger partial charge in [-0.2, -0.15) is 0 Å². The Morgan fingerprint density at radius 1 is 1.50 bits per heavy atom. The molecule has 88 valence electrons. The second kappa shape index (κ2) is 4.83. The summed E-state index contributed by atoms with van der Waals surface area (Å²) in [5.41, 5.74) is 0.934. The molecule has 1 saturated heterocycles. The van der Waals surface area contributed by atoms with Gasteiger partial charge in [-0.15, -0.1) is 0 Å². The lowest BCUT2D eigenvalue weighted by Gasteiger charge is -2.38. The predicted octanol–water partition coefficient (Wildman–Crippen LogP) is 2.20. The summed E-state index contributed by atoms with van der Waals surface area (Å²) in [6, 6.07) is 4.35.